The Balaban J connectivity index is 2.99. The molecule has 13 heavy (non-hydrogen) atoms. The number of aliphatic hydroxyl groups excluding tert-OH is 1. The van der Waals surface area contributed by atoms with Gasteiger partial charge in [0, 0.05) is 0 Å². The van der Waals surface area contributed by atoms with Crippen molar-refractivity contribution in [3.8, 4) is 0 Å². The van der Waals surface area contributed by atoms with E-state index in [1.54, 1.807) is 0 Å². The first-order valence-corrected chi connectivity index (χ1v) is 3.82. The van der Waals surface area contributed by atoms with Gasteiger partial charge in [0.15, 0.2) is 17.5 Å². The van der Waals surface area contributed by atoms with Gasteiger partial charge < -0.3 is 5.11 Å². The topological polar surface area (TPSA) is 20.2 Å². The monoisotopic (exact) mass is 190 g/mol. The maximum absolute atomic E-state index is 12.6. The van der Waals surface area contributed by atoms with Crippen molar-refractivity contribution in [2.24, 2.45) is 0 Å². The van der Waals surface area contributed by atoms with Crippen LogP contribution in [0.2, 0.25) is 0 Å². The third kappa shape index (κ3) is 2.45. The summed E-state index contributed by atoms with van der Waals surface area (Å²) in [7, 11) is 0. The number of halogens is 3. The van der Waals surface area contributed by atoms with Crippen molar-refractivity contribution in [2.45, 2.75) is 19.4 Å². The van der Waals surface area contributed by atoms with Crippen LogP contribution in [0.5, 0.6) is 0 Å². The lowest BCUT2D eigenvalue weighted by Gasteiger charge is -2.05. The lowest BCUT2D eigenvalue weighted by Crippen LogP contribution is -2.05. The highest BCUT2D eigenvalue weighted by Gasteiger charge is 2.11. The zero-order valence-corrected chi connectivity index (χ0v) is 7.02. The summed E-state index contributed by atoms with van der Waals surface area (Å²) in [5, 5.41) is 8.92. The summed E-state index contributed by atoms with van der Waals surface area (Å²) in [5.74, 6) is -3.93. The summed E-state index contributed by atoms with van der Waals surface area (Å²) in [6.07, 6.45) is -0.599. The van der Waals surface area contributed by atoms with Gasteiger partial charge in [0.25, 0.3) is 0 Å². The summed E-state index contributed by atoms with van der Waals surface area (Å²) in [6, 6.07) is 1.76. The van der Waals surface area contributed by atoms with Crippen LogP contribution in [0, 0.1) is 17.5 Å². The Morgan fingerprint density at radius 1 is 1.23 bits per heavy atom. The summed E-state index contributed by atoms with van der Waals surface area (Å²) >= 11 is 0. The summed E-state index contributed by atoms with van der Waals surface area (Å²) < 4.78 is 37.6. The predicted octanol–water partition coefficient (Wildman–Crippen LogP) is 2.03. The van der Waals surface area contributed by atoms with E-state index in [1.807, 2.05) is 0 Å². The Labute approximate surface area is 73.8 Å². The molecule has 1 rings (SSSR count). The van der Waals surface area contributed by atoms with Crippen LogP contribution in [-0.2, 0) is 6.42 Å². The smallest absolute Gasteiger partial charge is 0.194 e. The van der Waals surface area contributed by atoms with E-state index in [4.69, 9.17) is 5.11 Å². The van der Waals surface area contributed by atoms with Crippen molar-refractivity contribution in [1.82, 2.24) is 0 Å². The summed E-state index contributed by atoms with van der Waals surface area (Å²) in [4.78, 5) is 0. The minimum Gasteiger partial charge on any atom is -0.393 e. The molecule has 0 saturated carbocycles. The Morgan fingerprint density at radius 3 is 2.08 bits per heavy atom. The average molecular weight is 190 g/mol. The van der Waals surface area contributed by atoms with Crippen molar-refractivity contribution < 1.29 is 18.3 Å². The molecular weight excluding hydrogens is 181 g/mol. The van der Waals surface area contributed by atoms with Gasteiger partial charge in [-0.25, -0.2) is 13.2 Å². The first-order valence-electron chi connectivity index (χ1n) is 3.82. The van der Waals surface area contributed by atoms with Gasteiger partial charge in [0.1, 0.15) is 0 Å². The third-order valence-corrected chi connectivity index (χ3v) is 1.57. The number of benzene rings is 1. The van der Waals surface area contributed by atoms with E-state index < -0.39 is 23.6 Å². The molecule has 0 aromatic heterocycles. The first-order chi connectivity index (χ1) is 6.00. The molecule has 0 amide bonds. The largest absolute Gasteiger partial charge is 0.393 e. The zero-order valence-electron chi connectivity index (χ0n) is 7.02. The minimum absolute atomic E-state index is 0.105. The summed E-state index contributed by atoms with van der Waals surface area (Å²) in [5.41, 5.74) is 0.242. The molecule has 0 unspecified atom stereocenters. The van der Waals surface area contributed by atoms with E-state index in [0.29, 0.717) is 0 Å². The fourth-order valence-electron chi connectivity index (χ4n) is 1.07. The van der Waals surface area contributed by atoms with E-state index in [0.717, 1.165) is 12.1 Å². The fraction of sp³-hybridized carbons (Fsp3) is 0.333. The second kappa shape index (κ2) is 3.79. The molecule has 0 bridgehead atoms. The zero-order chi connectivity index (χ0) is 10.0. The molecule has 1 aromatic carbocycles. The minimum atomic E-state index is -1.48. The second-order valence-corrected chi connectivity index (χ2v) is 2.93. The molecule has 72 valence electrons. The van der Waals surface area contributed by atoms with Crippen LogP contribution in [0.1, 0.15) is 12.5 Å². The van der Waals surface area contributed by atoms with Crippen LogP contribution in [-0.4, -0.2) is 11.2 Å². The van der Waals surface area contributed by atoms with Gasteiger partial charge in [-0.05, 0) is 31.0 Å². The normalized spacial score (nSPS) is 13.0. The van der Waals surface area contributed by atoms with E-state index in [2.05, 4.69) is 0 Å². The highest BCUT2D eigenvalue weighted by molar-refractivity contribution is 5.19. The van der Waals surface area contributed by atoms with Crippen LogP contribution in [0.15, 0.2) is 12.1 Å². The molecule has 1 nitrogen and oxygen atoms in total. The third-order valence-electron chi connectivity index (χ3n) is 1.57. The van der Waals surface area contributed by atoms with Crippen LogP contribution in [0.4, 0.5) is 13.2 Å². The Kier molecular flexibility index (Phi) is 2.93. The maximum Gasteiger partial charge on any atom is 0.194 e. The van der Waals surface area contributed by atoms with Crippen LogP contribution in [0.25, 0.3) is 0 Å². The van der Waals surface area contributed by atoms with Gasteiger partial charge in [0.05, 0.1) is 6.10 Å². The highest BCUT2D eigenvalue weighted by Crippen LogP contribution is 2.14. The Hall–Kier alpha value is -1.03. The van der Waals surface area contributed by atoms with Crippen LogP contribution >= 0.6 is 0 Å². The molecule has 4 heteroatoms. The molecule has 0 spiro atoms. The predicted molar refractivity (Wildman–Crippen MR) is 41.7 cm³/mol. The van der Waals surface area contributed by atoms with Gasteiger partial charge >= 0.3 is 0 Å². The van der Waals surface area contributed by atoms with Gasteiger partial charge in [-0.15, -0.1) is 0 Å². The van der Waals surface area contributed by atoms with Crippen molar-refractivity contribution in [3.05, 3.63) is 35.1 Å². The highest BCUT2D eigenvalue weighted by atomic mass is 19.2. The molecule has 0 aliphatic rings. The summed E-state index contributed by atoms with van der Waals surface area (Å²) in [6.45, 7) is 1.49. The SMILES string of the molecule is C[C@@H](O)Cc1cc(F)c(F)c(F)c1. The number of rotatable bonds is 2. The number of hydrogen-bond donors (Lipinski definition) is 1. The maximum atomic E-state index is 12.6. The van der Waals surface area contributed by atoms with Crippen LogP contribution < -0.4 is 0 Å². The molecule has 0 fully saturated rings. The van der Waals surface area contributed by atoms with Gasteiger partial charge in [0.2, 0.25) is 0 Å². The standard InChI is InChI=1S/C9H9F3O/c1-5(13)2-6-3-7(10)9(12)8(11)4-6/h3-5,13H,2H2,1H3/t5-/m1/s1. The van der Waals surface area contributed by atoms with Crippen molar-refractivity contribution in [3.63, 3.8) is 0 Å². The molecule has 0 aliphatic carbocycles. The molecule has 1 N–H and O–H groups in total. The van der Waals surface area contributed by atoms with E-state index in [-0.39, 0.29) is 12.0 Å². The van der Waals surface area contributed by atoms with Gasteiger partial charge in [-0.3, -0.25) is 0 Å². The molecule has 1 aromatic rings. The second-order valence-electron chi connectivity index (χ2n) is 2.93. The molecule has 1 atom stereocenters. The lowest BCUT2D eigenvalue weighted by molar-refractivity contribution is 0.195. The van der Waals surface area contributed by atoms with Gasteiger partial charge in [-0.1, -0.05) is 0 Å². The molecule has 0 radical (unpaired) electrons. The van der Waals surface area contributed by atoms with Crippen LogP contribution in [0.3, 0.4) is 0 Å². The van der Waals surface area contributed by atoms with E-state index >= 15 is 0 Å². The van der Waals surface area contributed by atoms with Crippen molar-refractivity contribution >= 4 is 0 Å². The van der Waals surface area contributed by atoms with E-state index in [1.165, 1.54) is 6.92 Å². The number of hydrogen-bond acceptors (Lipinski definition) is 1. The average Bonchev–Trinajstić information content (AvgIpc) is 1.98. The molecule has 0 heterocycles. The first kappa shape index (κ1) is 10.1. The molecular formula is C9H9F3O. The van der Waals surface area contributed by atoms with E-state index in [9.17, 15) is 13.2 Å². The quantitative estimate of drug-likeness (QED) is 0.707. The molecule has 0 saturated heterocycles. The van der Waals surface area contributed by atoms with Crippen molar-refractivity contribution in [1.29, 1.82) is 0 Å². The number of aliphatic hydroxyl groups is 1. The van der Waals surface area contributed by atoms with Crippen molar-refractivity contribution in [2.75, 3.05) is 0 Å². The fourth-order valence-corrected chi connectivity index (χ4v) is 1.07. The Bertz CT molecular complexity index is 287. The molecule has 0 aliphatic heterocycles. The lowest BCUT2D eigenvalue weighted by atomic mass is 10.1. The van der Waals surface area contributed by atoms with Gasteiger partial charge in [-0.2, -0.15) is 0 Å². The Morgan fingerprint density at radius 2 is 1.69 bits per heavy atom.